The minimum atomic E-state index is -0.726. The molecule has 1 N–H and O–H groups in total. The Balaban J connectivity index is 1.73. The van der Waals surface area contributed by atoms with Gasteiger partial charge in [0.15, 0.2) is 0 Å². The number of carboxylic acids is 1. The van der Waals surface area contributed by atoms with Gasteiger partial charge in [0.25, 0.3) is 11.5 Å². The lowest BCUT2D eigenvalue weighted by molar-refractivity contribution is -0.137. The van der Waals surface area contributed by atoms with Crippen LogP contribution in [0.4, 0.5) is 5.82 Å². The fraction of sp³-hybridized carbons (Fsp3) is 0.645. The standard InChI is InChI=1S/C31H44N4O4S2/c1-3-17-34-28(33-18-13-10-11-14-19-33)24(23(2)25(22-32)29(34)38)21-26-30(39)35(31(40)41-26)20-15-9-7-5-4-6-8-12-16-27(36)37/h21H,3-20H2,1-2H3,(H,36,37). The summed E-state index contributed by atoms with van der Waals surface area (Å²) in [4.78, 5) is 41.9. The van der Waals surface area contributed by atoms with E-state index in [-0.39, 0.29) is 23.5 Å². The van der Waals surface area contributed by atoms with Crippen LogP contribution in [-0.4, -0.2) is 50.4 Å². The van der Waals surface area contributed by atoms with Crippen LogP contribution in [0.2, 0.25) is 0 Å². The van der Waals surface area contributed by atoms with Crippen LogP contribution in [0.1, 0.15) is 114 Å². The molecule has 10 heteroatoms. The van der Waals surface area contributed by atoms with Crippen molar-refractivity contribution >= 4 is 52.1 Å². The highest BCUT2D eigenvalue weighted by Gasteiger charge is 2.33. The van der Waals surface area contributed by atoms with Crippen molar-refractivity contribution in [1.29, 1.82) is 5.26 Å². The number of nitrogens with zero attached hydrogens (tertiary/aromatic N) is 4. The summed E-state index contributed by atoms with van der Waals surface area (Å²) < 4.78 is 2.30. The van der Waals surface area contributed by atoms with Crippen LogP contribution in [0.15, 0.2) is 9.70 Å². The largest absolute Gasteiger partial charge is 0.481 e. The Morgan fingerprint density at radius 3 is 2.20 bits per heavy atom. The van der Waals surface area contributed by atoms with E-state index in [0.717, 1.165) is 108 Å². The van der Waals surface area contributed by atoms with Crippen LogP contribution in [0.3, 0.4) is 0 Å². The van der Waals surface area contributed by atoms with Crippen LogP contribution in [0.25, 0.3) is 6.08 Å². The maximum Gasteiger partial charge on any atom is 0.303 e. The fourth-order valence-corrected chi connectivity index (χ4v) is 6.92. The number of anilines is 1. The number of hydrogen-bond acceptors (Lipinski definition) is 7. The Morgan fingerprint density at radius 1 is 1.00 bits per heavy atom. The maximum atomic E-state index is 13.5. The zero-order valence-electron chi connectivity index (χ0n) is 24.6. The zero-order valence-corrected chi connectivity index (χ0v) is 26.2. The van der Waals surface area contributed by atoms with E-state index >= 15 is 0 Å². The summed E-state index contributed by atoms with van der Waals surface area (Å²) in [5, 5.41) is 18.6. The molecule has 0 bridgehead atoms. The lowest BCUT2D eigenvalue weighted by Gasteiger charge is -2.29. The highest BCUT2D eigenvalue weighted by atomic mass is 32.2. The Kier molecular flexibility index (Phi) is 13.4. The van der Waals surface area contributed by atoms with Gasteiger partial charge in [0.2, 0.25) is 0 Å². The molecule has 0 aliphatic carbocycles. The van der Waals surface area contributed by atoms with Crippen molar-refractivity contribution in [2.45, 2.75) is 110 Å². The van der Waals surface area contributed by atoms with Gasteiger partial charge in [-0.15, -0.1) is 0 Å². The van der Waals surface area contributed by atoms with Gasteiger partial charge < -0.3 is 10.0 Å². The number of rotatable bonds is 15. The third kappa shape index (κ3) is 8.92. The molecule has 1 aromatic rings. The molecule has 0 atom stereocenters. The van der Waals surface area contributed by atoms with Crippen molar-refractivity contribution < 1.29 is 14.7 Å². The molecular formula is C31H44N4O4S2. The molecule has 2 fully saturated rings. The van der Waals surface area contributed by atoms with E-state index in [4.69, 9.17) is 17.3 Å². The first kappa shape index (κ1) is 32.9. The molecule has 0 radical (unpaired) electrons. The highest BCUT2D eigenvalue weighted by molar-refractivity contribution is 8.26. The quantitative estimate of drug-likeness (QED) is 0.136. The van der Waals surface area contributed by atoms with E-state index in [2.05, 4.69) is 11.0 Å². The number of thioether (sulfide) groups is 1. The number of aliphatic carboxylic acids is 1. The van der Waals surface area contributed by atoms with Crippen molar-refractivity contribution in [2.75, 3.05) is 24.5 Å². The second kappa shape index (κ2) is 16.7. The zero-order chi connectivity index (χ0) is 29.8. The van der Waals surface area contributed by atoms with Crippen LogP contribution in [0, 0.1) is 18.3 Å². The first-order valence-corrected chi connectivity index (χ1v) is 16.4. The smallest absolute Gasteiger partial charge is 0.303 e. The number of amides is 1. The van der Waals surface area contributed by atoms with Gasteiger partial charge in [-0.1, -0.05) is 82.3 Å². The molecule has 2 saturated heterocycles. The second-order valence-electron chi connectivity index (χ2n) is 11.0. The van der Waals surface area contributed by atoms with Gasteiger partial charge in [-0.05, 0) is 50.7 Å². The van der Waals surface area contributed by atoms with Gasteiger partial charge in [0.1, 0.15) is 21.8 Å². The predicted octanol–water partition coefficient (Wildman–Crippen LogP) is 6.62. The number of unbranched alkanes of at least 4 members (excludes halogenated alkanes) is 7. The van der Waals surface area contributed by atoms with Crippen molar-refractivity contribution in [3.63, 3.8) is 0 Å². The molecular weight excluding hydrogens is 556 g/mol. The maximum absolute atomic E-state index is 13.5. The summed E-state index contributed by atoms with van der Waals surface area (Å²) in [6.45, 7) is 6.63. The van der Waals surface area contributed by atoms with Gasteiger partial charge in [0.05, 0.1) is 4.91 Å². The van der Waals surface area contributed by atoms with Gasteiger partial charge in [0, 0.05) is 38.2 Å². The van der Waals surface area contributed by atoms with E-state index in [1.807, 2.05) is 19.9 Å². The van der Waals surface area contributed by atoms with E-state index in [0.29, 0.717) is 27.9 Å². The SMILES string of the molecule is CCCn1c(N2CCCCCC2)c(C=C2SC(=S)N(CCCCCCCCCCC(=O)O)C2=O)c(C)c(C#N)c1=O. The van der Waals surface area contributed by atoms with Crippen molar-refractivity contribution in [1.82, 2.24) is 9.47 Å². The minimum Gasteiger partial charge on any atom is -0.481 e. The number of pyridine rings is 1. The van der Waals surface area contributed by atoms with Crippen molar-refractivity contribution in [2.24, 2.45) is 0 Å². The summed E-state index contributed by atoms with van der Waals surface area (Å²) in [7, 11) is 0. The third-order valence-corrected chi connectivity index (χ3v) is 9.25. The second-order valence-corrected chi connectivity index (χ2v) is 12.7. The lowest BCUT2D eigenvalue weighted by atomic mass is 10.0. The van der Waals surface area contributed by atoms with Gasteiger partial charge >= 0.3 is 5.97 Å². The summed E-state index contributed by atoms with van der Waals surface area (Å²) in [5.41, 5.74) is 1.29. The van der Waals surface area contributed by atoms with Gasteiger partial charge in [-0.2, -0.15) is 5.26 Å². The molecule has 2 aliphatic heterocycles. The normalized spacial score (nSPS) is 16.9. The van der Waals surface area contributed by atoms with Gasteiger partial charge in [-0.3, -0.25) is 23.9 Å². The summed E-state index contributed by atoms with van der Waals surface area (Å²) in [6.07, 6.45) is 15.2. The molecule has 2 aliphatic rings. The topological polar surface area (TPSA) is 107 Å². The number of hydrogen-bond donors (Lipinski definition) is 1. The number of thiocarbonyl (C=S) groups is 1. The van der Waals surface area contributed by atoms with Crippen molar-refractivity contribution in [3.8, 4) is 6.07 Å². The summed E-state index contributed by atoms with van der Waals surface area (Å²) >= 11 is 6.90. The molecule has 224 valence electrons. The number of carboxylic acid groups (broad SMARTS) is 1. The molecule has 0 unspecified atom stereocenters. The van der Waals surface area contributed by atoms with Crippen LogP contribution >= 0.6 is 24.0 Å². The molecule has 0 spiro atoms. The number of carbonyl (C=O) groups is 2. The first-order chi connectivity index (χ1) is 19.8. The van der Waals surface area contributed by atoms with Crippen LogP contribution < -0.4 is 10.5 Å². The highest BCUT2D eigenvalue weighted by Crippen LogP contribution is 2.36. The molecule has 1 amide bonds. The van der Waals surface area contributed by atoms with E-state index < -0.39 is 5.97 Å². The third-order valence-electron chi connectivity index (χ3n) is 7.87. The fourth-order valence-electron chi connectivity index (χ4n) is 5.63. The summed E-state index contributed by atoms with van der Waals surface area (Å²) in [5.74, 6) is -0.00851. The minimum absolute atomic E-state index is 0.105. The Hall–Kier alpha value is -2.64. The molecule has 41 heavy (non-hydrogen) atoms. The Labute approximate surface area is 253 Å². The predicted molar refractivity (Wildman–Crippen MR) is 170 cm³/mol. The molecule has 3 heterocycles. The van der Waals surface area contributed by atoms with Crippen LogP contribution in [0.5, 0.6) is 0 Å². The van der Waals surface area contributed by atoms with E-state index in [1.54, 1.807) is 9.47 Å². The molecule has 8 nitrogen and oxygen atoms in total. The van der Waals surface area contributed by atoms with E-state index in [1.165, 1.54) is 11.8 Å². The van der Waals surface area contributed by atoms with Crippen LogP contribution in [-0.2, 0) is 16.1 Å². The number of nitriles is 1. The number of carbonyl (C=O) groups excluding carboxylic acids is 1. The van der Waals surface area contributed by atoms with E-state index in [9.17, 15) is 19.6 Å². The summed E-state index contributed by atoms with van der Waals surface area (Å²) in [6, 6.07) is 2.13. The Morgan fingerprint density at radius 2 is 1.61 bits per heavy atom. The average molecular weight is 601 g/mol. The average Bonchev–Trinajstić information content (AvgIpc) is 3.10. The monoisotopic (exact) mass is 600 g/mol. The Bertz CT molecular complexity index is 1230. The molecule has 3 rings (SSSR count). The number of aromatic nitrogens is 1. The molecule has 1 aromatic heterocycles. The molecule has 0 aromatic carbocycles. The first-order valence-electron chi connectivity index (χ1n) is 15.2. The van der Waals surface area contributed by atoms with Crippen molar-refractivity contribution in [3.05, 3.63) is 31.9 Å². The van der Waals surface area contributed by atoms with Gasteiger partial charge in [-0.25, -0.2) is 0 Å². The lowest BCUT2D eigenvalue weighted by Crippen LogP contribution is -2.35. The molecule has 0 saturated carbocycles.